The van der Waals surface area contributed by atoms with Crippen LogP contribution in [0.5, 0.6) is 0 Å². The van der Waals surface area contributed by atoms with Gasteiger partial charge >= 0.3 is 0 Å². The molecule has 0 bridgehead atoms. The minimum absolute atomic E-state index is 0.167. The Morgan fingerprint density at radius 2 is 1.81 bits per heavy atom. The molecule has 0 radical (unpaired) electrons. The second kappa shape index (κ2) is 8.30. The van der Waals surface area contributed by atoms with E-state index in [2.05, 4.69) is 21.1 Å². The van der Waals surface area contributed by atoms with Crippen molar-refractivity contribution in [3.05, 3.63) is 52.7 Å². The summed E-state index contributed by atoms with van der Waals surface area (Å²) in [6, 6.07) is 11.5. The van der Waals surface area contributed by atoms with E-state index in [0.29, 0.717) is 13.1 Å². The number of rotatable bonds is 6. The molecule has 26 heavy (non-hydrogen) atoms. The van der Waals surface area contributed by atoms with Crippen LogP contribution >= 0.6 is 11.3 Å². The number of carbonyl (C=O) groups is 1. The van der Waals surface area contributed by atoms with Crippen LogP contribution in [0.25, 0.3) is 0 Å². The van der Waals surface area contributed by atoms with Gasteiger partial charge in [0.05, 0.1) is 10.9 Å². The van der Waals surface area contributed by atoms with Gasteiger partial charge in [0.1, 0.15) is 0 Å². The van der Waals surface area contributed by atoms with Crippen LogP contribution in [0.2, 0.25) is 0 Å². The molecule has 1 amide bonds. The van der Waals surface area contributed by atoms with Crippen molar-refractivity contribution >= 4 is 27.3 Å². The molecular weight excluding hydrogens is 370 g/mol. The van der Waals surface area contributed by atoms with Gasteiger partial charge in [0.25, 0.3) is 0 Å². The van der Waals surface area contributed by atoms with Gasteiger partial charge < -0.3 is 4.90 Å². The molecule has 1 aliphatic rings. The third-order valence-electron chi connectivity index (χ3n) is 4.40. The Bertz CT molecular complexity index is 815. The molecule has 140 valence electrons. The number of benzene rings is 1. The molecule has 1 aliphatic heterocycles. The zero-order valence-corrected chi connectivity index (χ0v) is 16.3. The number of carbonyl (C=O) groups excluding carboxylic acids is 1. The number of amides is 1. The van der Waals surface area contributed by atoms with E-state index >= 15 is 0 Å². The zero-order valence-electron chi connectivity index (χ0n) is 14.7. The summed E-state index contributed by atoms with van der Waals surface area (Å²) < 4.78 is 27.2. The van der Waals surface area contributed by atoms with Gasteiger partial charge in [0, 0.05) is 37.6 Å². The molecule has 8 heteroatoms. The molecule has 3 rings (SSSR count). The predicted molar refractivity (Wildman–Crippen MR) is 102 cm³/mol. The Hall–Kier alpha value is -1.74. The first-order valence-corrected chi connectivity index (χ1v) is 10.9. The Labute approximate surface area is 158 Å². The highest BCUT2D eigenvalue weighted by Crippen LogP contribution is 2.14. The predicted octanol–water partition coefficient (Wildman–Crippen LogP) is 1.76. The minimum Gasteiger partial charge on any atom is -0.339 e. The first kappa shape index (κ1) is 19.0. The molecule has 1 N–H and O–H groups in total. The molecule has 1 fully saturated rings. The topological polar surface area (TPSA) is 69.7 Å². The maximum absolute atomic E-state index is 12.6. The van der Waals surface area contributed by atoms with Crippen LogP contribution < -0.4 is 4.72 Å². The third-order valence-corrected chi connectivity index (χ3v) is 6.82. The molecule has 0 aliphatic carbocycles. The van der Waals surface area contributed by atoms with E-state index in [1.165, 1.54) is 17.0 Å². The second-order valence-electron chi connectivity index (χ2n) is 6.34. The average Bonchev–Trinajstić information content (AvgIpc) is 3.15. The Kier molecular flexibility index (Phi) is 6.08. The zero-order chi connectivity index (χ0) is 18.6. The van der Waals surface area contributed by atoms with E-state index in [1.807, 2.05) is 6.07 Å². The Balaban J connectivity index is 1.53. The van der Waals surface area contributed by atoms with E-state index in [9.17, 15) is 13.2 Å². The number of thiophene rings is 1. The molecule has 1 aromatic heterocycles. The van der Waals surface area contributed by atoms with Crippen LogP contribution in [-0.2, 0) is 21.4 Å². The fourth-order valence-corrected chi connectivity index (χ4v) is 4.94. The maximum atomic E-state index is 12.6. The van der Waals surface area contributed by atoms with Crippen LogP contribution in [0.15, 0.2) is 52.7 Å². The maximum Gasteiger partial charge on any atom is 0.241 e. The van der Waals surface area contributed by atoms with E-state index in [4.69, 9.17) is 0 Å². The van der Waals surface area contributed by atoms with Crippen LogP contribution in [-0.4, -0.2) is 56.3 Å². The summed E-state index contributed by atoms with van der Waals surface area (Å²) in [5.41, 5.74) is 0. The van der Waals surface area contributed by atoms with E-state index in [1.54, 1.807) is 41.4 Å². The largest absolute Gasteiger partial charge is 0.339 e. The summed E-state index contributed by atoms with van der Waals surface area (Å²) in [6.45, 7) is 5.31. The van der Waals surface area contributed by atoms with Crippen molar-refractivity contribution < 1.29 is 13.2 Å². The smallest absolute Gasteiger partial charge is 0.241 e. The van der Waals surface area contributed by atoms with Gasteiger partial charge in [-0.2, -0.15) is 4.72 Å². The van der Waals surface area contributed by atoms with Crippen LogP contribution in [0.3, 0.4) is 0 Å². The van der Waals surface area contributed by atoms with Crippen LogP contribution in [0, 0.1) is 0 Å². The van der Waals surface area contributed by atoms with E-state index in [-0.39, 0.29) is 10.8 Å². The number of nitrogens with one attached hydrogen (secondary N) is 1. The molecule has 1 aromatic carbocycles. The molecule has 2 heterocycles. The molecule has 6 nitrogen and oxygen atoms in total. The molecule has 2 aromatic rings. The van der Waals surface area contributed by atoms with E-state index in [0.717, 1.165) is 19.6 Å². The number of hydrogen-bond donors (Lipinski definition) is 1. The van der Waals surface area contributed by atoms with Gasteiger partial charge in [-0.3, -0.25) is 9.69 Å². The van der Waals surface area contributed by atoms with Crippen molar-refractivity contribution in [1.29, 1.82) is 0 Å². The number of hydrogen-bond acceptors (Lipinski definition) is 5. The van der Waals surface area contributed by atoms with Crippen LogP contribution in [0.1, 0.15) is 11.8 Å². The number of nitrogens with zero attached hydrogens (tertiary/aromatic N) is 2. The number of sulfonamides is 1. The summed E-state index contributed by atoms with van der Waals surface area (Å²) in [7, 11) is -3.69. The summed E-state index contributed by atoms with van der Waals surface area (Å²) >= 11 is 1.73. The fourth-order valence-electron chi connectivity index (χ4n) is 2.97. The minimum atomic E-state index is -3.69. The lowest BCUT2D eigenvalue weighted by Crippen LogP contribution is -2.53. The fraction of sp³-hybridized carbons (Fsp3) is 0.389. The van der Waals surface area contributed by atoms with Crippen molar-refractivity contribution in [3.63, 3.8) is 0 Å². The monoisotopic (exact) mass is 393 g/mol. The number of piperazine rings is 1. The van der Waals surface area contributed by atoms with Crippen molar-refractivity contribution in [3.8, 4) is 0 Å². The van der Waals surface area contributed by atoms with Gasteiger partial charge in [0.15, 0.2) is 0 Å². The Morgan fingerprint density at radius 3 is 2.42 bits per heavy atom. The SMILES string of the molecule is C[C@H](NS(=O)(=O)c1ccccc1)C(=O)N1CCN(Cc2cccs2)CC1. The molecule has 1 saturated heterocycles. The molecular formula is C18H23N3O3S2. The van der Waals surface area contributed by atoms with Gasteiger partial charge in [-0.1, -0.05) is 24.3 Å². The standard InChI is InChI=1S/C18H23N3O3S2/c1-15(19-26(23,24)17-7-3-2-4-8-17)18(22)21-11-9-20(10-12-21)14-16-6-5-13-25-16/h2-8,13,15,19H,9-12,14H2,1H3/t15-/m0/s1. The quantitative estimate of drug-likeness (QED) is 0.812. The molecule has 0 saturated carbocycles. The normalized spacial score (nSPS) is 17.2. The lowest BCUT2D eigenvalue weighted by atomic mass is 10.2. The van der Waals surface area contributed by atoms with Gasteiger partial charge in [-0.15, -0.1) is 11.3 Å². The van der Waals surface area contributed by atoms with Crippen molar-refractivity contribution in [2.75, 3.05) is 26.2 Å². The summed E-state index contributed by atoms with van der Waals surface area (Å²) in [5, 5.41) is 2.07. The summed E-state index contributed by atoms with van der Waals surface area (Å²) in [5.74, 6) is -0.180. The first-order chi connectivity index (χ1) is 12.5. The highest BCUT2D eigenvalue weighted by Gasteiger charge is 2.28. The van der Waals surface area contributed by atoms with E-state index < -0.39 is 16.1 Å². The highest BCUT2D eigenvalue weighted by atomic mass is 32.2. The summed E-state index contributed by atoms with van der Waals surface area (Å²) in [4.78, 5) is 18.1. The van der Waals surface area contributed by atoms with Gasteiger partial charge in [-0.05, 0) is 30.5 Å². The van der Waals surface area contributed by atoms with Crippen LogP contribution in [0.4, 0.5) is 0 Å². The van der Waals surface area contributed by atoms with Crippen molar-refractivity contribution in [1.82, 2.24) is 14.5 Å². The Morgan fingerprint density at radius 1 is 1.12 bits per heavy atom. The summed E-state index contributed by atoms with van der Waals surface area (Å²) in [6.07, 6.45) is 0. The third kappa shape index (κ3) is 4.70. The average molecular weight is 394 g/mol. The van der Waals surface area contributed by atoms with Crippen molar-refractivity contribution in [2.24, 2.45) is 0 Å². The molecule has 0 unspecified atom stereocenters. The second-order valence-corrected chi connectivity index (χ2v) is 9.08. The first-order valence-electron chi connectivity index (χ1n) is 8.56. The van der Waals surface area contributed by atoms with Gasteiger partial charge in [-0.25, -0.2) is 8.42 Å². The van der Waals surface area contributed by atoms with Gasteiger partial charge in [0.2, 0.25) is 15.9 Å². The van der Waals surface area contributed by atoms with Crippen molar-refractivity contribution in [2.45, 2.75) is 24.4 Å². The molecule has 1 atom stereocenters. The molecule has 0 spiro atoms. The lowest BCUT2D eigenvalue weighted by molar-refractivity contribution is -0.134. The lowest BCUT2D eigenvalue weighted by Gasteiger charge is -2.35. The highest BCUT2D eigenvalue weighted by molar-refractivity contribution is 7.89.